The minimum atomic E-state index is -4.36. The van der Waals surface area contributed by atoms with Crippen LogP contribution in [0.25, 0.3) is 22.2 Å². The first-order valence-corrected chi connectivity index (χ1v) is 22.7. The fraction of sp³-hybridized carbons (Fsp3) is 0.356. The fourth-order valence-electron chi connectivity index (χ4n) is 8.80. The molecule has 64 heavy (non-hydrogen) atoms. The van der Waals surface area contributed by atoms with Gasteiger partial charge < -0.3 is 19.5 Å². The van der Waals surface area contributed by atoms with Gasteiger partial charge in [-0.25, -0.2) is 18.2 Å². The molecule has 1 unspecified atom stereocenters. The molecule has 19 heteroatoms. The number of hydrogen-bond donors (Lipinski definition) is 3. The first-order chi connectivity index (χ1) is 30.8. The zero-order valence-corrected chi connectivity index (χ0v) is 35.4. The summed E-state index contributed by atoms with van der Waals surface area (Å²) in [5.74, 6) is -3.86. The number of H-pyrrole nitrogens is 1. The van der Waals surface area contributed by atoms with Crippen LogP contribution in [0, 0.1) is 11.6 Å². The van der Waals surface area contributed by atoms with Gasteiger partial charge in [0.05, 0.1) is 17.9 Å². The van der Waals surface area contributed by atoms with Gasteiger partial charge in [0.2, 0.25) is 17.6 Å². The highest BCUT2D eigenvalue weighted by atomic mass is 32.2. The van der Waals surface area contributed by atoms with Gasteiger partial charge in [0, 0.05) is 92.4 Å². The van der Waals surface area contributed by atoms with E-state index in [1.165, 1.54) is 11.1 Å². The Morgan fingerprint density at radius 1 is 0.922 bits per heavy atom. The molecular weight excluding hydrogens is 854 g/mol. The number of ketones is 1. The molecule has 3 amide bonds. The number of halogens is 3. The van der Waals surface area contributed by atoms with Gasteiger partial charge in [-0.3, -0.25) is 34.1 Å². The van der Waals surface area contributed by atoms with Crippen molar-refractivity contribution in [3.05, 3.63) is 107 Å². The summed E-state index contributed by atoms with van der Waals surface area (Å²) in [7, 11) is -4.36. The summed E-state index contributed by atoms with van der Waals surface area (Å²) in [6, 6.07) is 16.1. The Morgan fingerprint density at radius 2 is 1.72 bits per heavy atom. The SMILES string of the molecule is O=C1CCC(N2Cc3cc(OCCCCN4CCN(c5ccc(-c6cnc7[nH]cc(C(=O)c8c(F)ccc(NS(=O)(=O)N9CC[C@@H](F)C9)c8F)c7c6)cc5)CC4)ccc3C2=O)C(=O)N1. The molecule has 4 aliphatic rings. The smallest absolute Gasteiger partial charge is 0.301 e. The second-order valence-corrected chi connectivity index (χ2v) is 18.1. The summed E-state index contributed by atoms with van der Waals surface area (Å²) in [5, 5.41) is 2.65. The topological polar surface area (TPSA) is 177 Å². The van der Waals surface area contributed by atoms with Crippen molar-refractivity contribution in [1.29, 1.82) is 0 Å². The Hall–Kier alpha value is -6.31. The maximum Gasteiger partial charge on any atom is 0.301 e. The van der Waals surface area contributed by atoms with Crippen molar-refractivity contribution in [3.8, 4) is 16.9 Å². The summed E-state index contributed by atoms with van der Waals surface area (Å²) in [6.45, 7) is 4.74. The Morgan fingerprint density at radius 3 is 2.47 bits per heavy atom. The Bertz CT molecular complexity index is 2760. The molecule has 3 aromatic carbocycles. The summed E-state index contributed by atoms with van der Waals surface area (Å²) < 4.78 is 79.0. The van der Waals surface area contributed by atoms with Gasteiger partial charge in [-0.15, -0.1) is 0 Å². The van der Waals surface area contributed by atoms with Gasteiger partial charge in [0.15, 0.2) is 5.82 Å². The van der Waals surface area contributed by atoms with Gasteiger partial charge in [-0.1, -0.05) is 12.1 Å². The summed E-state index contributed by atoms with van der Waals surface area (Å²) in [5.41, 5.74) is 2.59. The number of ether oxygens (including phenoxy) is 1. The number of unbranched alkanes of at least 4 members (excludes halogenated alkanes) is 1. The van der Waals surface area contributed by atoms with Gasteiger partial charge in [0.1, 0.15) is 29.4 Å². The van der Waals surface area contributed by atoms with Crippen molar-refractivity contribution in [2.75, 3.05) is 62.0 Å². The number of piperidine rings is 1. The van der Waals surface area contributed by atoms with Crippen LogP contribution in [0.15, 0.2) is 73.1 Å². The number of alkyl halides is 1. The summed E-state index contributed by atoms with van der Waals surface area (Å²) >= 11 is 0. The van der Waals surface area contributed by atoms with Gasteiger partial charge >= 0.3 is 10.2 Å². The normalized spacial score (nSPS) is 19.6. The van der Waals surface area contributed by atoms with Crippen LogP contribution in [0.4, 0.5) is 24.5 Å². The van der Waals surface area contributed by atoms with Crippen molar-refractivity contribution in [3.63, 3.8) is 0 Å². The number of imide groups is 1. The Labute approximate surface area is 366 Å². The van der Waals surface area contributed by atoms with E-state index in [4.69, 9.17) is 4.74 Å². The Kier molecular flexibility index (Phi) is 11.9. The minimum Gasteiger partial charge on any atom is -0.494 e. The molecule has 3 saturated heterocycles. The van der Waals surface area contributed by atoms with Gasteiger partial charge in [0.25, 0.3) is 5.91 Å². The molecule has 334 valence electrons. The Balaban J connectivity index is 0.759. The molecule has 6 heterocycles. The zero-order valence-electron chi connectivity index (χ0n) is 34.6. The number of carbonyl (C=O) groups is 4. The first kappa shape index (κ1) is 43.0. The molecule has 0 saturated carbocycles. The maximum atomic E-state index is 15.7. The predicted molar refractivity (Wildman–Crippen MR) is 231 cm³/mol. The number of piperazine rings is 1. The van der Waals surface area contributed by atoms with E-state index < -0.39 is 57.0 Å². The molecule has 2 atom stereocenters. The highest BCUT2D eigenvalue weighted by Crippen LogP contribution is 2.33. The quantitative estimate of drug-likeness (QED) is 0.0765. The third-order valence-electron chi connectivity index (χ3n) is 12.3. The number of rotatable bonds is 14. The number of hydrogen-bond acceptors (Lipinski definition) is 10. The van der Waals surface area contributed by atoms with Crippen LogP contribution in [0.1, 0.15) is 63.9 Å². The second-order valence-electron chi connectivity index (χ2n) is 16.4. The third kappa shape index (κ3) is 8.66. The van der Waals surface area contributed by atoms with E-state index in [-0.39, 0.29) is 43.3 Å². The molecule has 4 aliphatic heterocycles. The van der Waals surface area contributed by atoms with Crippen LogP contribution in [-0.4, -0.2) is 121 Å². The van der Waals surface area contributed by atoms with E-state index in [9.17, 15) is 32.0 Å². The highest BCUT2D eigenvalue weighted by molar-refractivity contribution is 7.90. The third-order valence-corrected chi connectivity index (χ3v) is 13.8. The number of aromatic nitrogens is 2. The van der Waals surface area contributed by atoms with E-state index >= 15 is 8.78 Å². The van der Waals surface area contributed by atoms with Crippen LogP contribution >= 0.6 is 0 Å². The van der Waals surface area contributed by atoms with Gasteiger partial charge in [-0.05, 0) is 91.9 Å². The number of fused-ring (bicyclic) bond motifs is 2. The first-order valence-electron chi connectivity index (χ1n) is 21.2. The molecular formula is C45H45F3N8O7S. The van der Waals surface area contributed by atoms with E-state index in [2.05, 4.69) is 25.1 Å². The molecule has 5 aromatic rings. The van der Waals surface area contributed by atoms with E-state index in [0.29, 0.717) is 47.5 Å². The lowest BCUT2D eigenvalue weighted by Crippen LogP contribution is -2.52. The van der Waals surface area contributed by atoms with Crippen molar-refractivity contribution < 1.29 is 45.5 Å². The molecule has 0 aliphatic carbocycles. The molecule has 3 fully saturated rings. The fourth-order valence-corrected chi connectivity index (χ4v) is 10.1. The van der Waals surface area contributed by atoms with Crippen molar-refractivity contribution >= 4 is 56.1 Å². The van der Waals surface area contributed by atoms with Crippen LogP contribution in [-0.2, 0) is 26.3 Å². The average molecular weight is 899 g/mol. The second kappa shape index (κ2) is 17.7. The van der Waals surface area contributed by atoms with Crippen molar-refractivity contribution in [1.82, 2.24) is 29.4 Å². The van der Waals surface area contributed by atoms with E-state index in [1.54, 1.807) is 24.4 Å². The molecule has 0 spiro atoms. The maximum absolute atomic E-state index is 15.7. The largest absolute Gasteiger partial charge is 0.494 e. The lowest BCUT2D eigenvalue weighted by atomic mass is 9.99. The predicted octanol–water partition coefficient (Wildman–Crippen LogP) is 5.18. The van der Waals surface area contributed by atoms with E-state index in [1.807, 2.05) is 35.1 Å². The average Bonchev–Trinajstić information content (AvgIpc) is 4.01. The van der Waals surface area contributed by atoms with Crippen molar-refractivity contribution in [2.24, 2.45) is 0 Å². The molecule has 3 N–H and O–H groups in total. The molecule has 2 aromatic heterocycles. The number of benzene rings is 3. The zero-order chi connectivity index (χ0) is 44.7. The number of anilines is 2. The highest BCUT2D eigenvalue weighted by Gasteiger charge is 2.39. The molecule has 15 nitrogen and oxygen atoms in total. The van der Waals surface area contributed by atoms with Crippen LogP contribution in [0.5, 0.6) is 5.75 Å². The monoisotopic (exact) mass is 898 g/mol. The number of nitrogens with one attached hydrogen (secondary N) is 3. The van der Waals surface area contributed by atoms with Crippen LogP contribution < -0.4 is 19.7 Å². The van der Waals surface area contributed by atoms with Crippen LogP contribution in [0.2, 0.25) is 0 Å². The number of aromatic amines is 1. The number of carbonyl (C=O) groups excluding carboxylic acids is 4. The van der Waals surface area contributed by atoms with Crippen LogP contribution in [0.3, 0.4) is 0 Å². The van der Waals surface area contributed by atoms with E-state index in [0.717, 1.165) is 78.8 Å². The molecule has 0 bridgehead atoms. The number of nitrogens with zero attached hydrogens (tertiary/aromatic N) is 5. The lowest BCUT2D eigenvalue weighted by Gasteiger charge is -2.36. The molecule has 9 rings (SSSR count). The summed E-state index contributed by atoms with van der Waals surface area (Å²) in [6.07, 6.45) is 3.93. The van der Waals surface area contributed by atoms with Crippen molar-refractivity contribution in [2.45, 2.75) is 50.9 Å². The number of pyridine rings is 1. The van der Waals surface area contributed by atoms with Gasteiger partial charge in [-0.2, -0.15) is 12.7 Å². The minimum absolute atomic E-state index is 0.000901. The standard InChI is InChI=1S/C45H45F3N8O7S/c46-30-13-15-55(26-30)64(61,62)52-37-10-9-36(47)40(41(37)48)42(58)35-24-50-43-34(35)22-28(23-49-43)27-3-5-31(6-4-27)54-18-16-53(17-19-54)14-1-2-20-63-32-7-8-33-29(21-32)25-56(45(33)60)38-11-12-39(57)51-44(38)59/h3-10,21-24,30,38,52H,1-2,11-20,25-26H2,(H,49,50)(H,51,57,59)/t30-,38?/m1/s1. The number of amides is 3. The molecule has 0 radical (unpaired) electrons. The summed E-state index contributed by atoms with van der Waals surface area (Å²) in [4.78, 5) is 64.2. The lowest BCUT2D eigenvalue weighted by molar-refractivity contribution is -0.136.